The van der Waals surface area contributed by atoms with Crippen molar-refractivity contribution in [2.45, 2.75) is 19.9 Å². The number of likely N-dealkylation sites (N-methyl/N-ethyl adjacent to an activating group) is 1. The number of nitrogens with zero attached hydrogens (tertiary/aromatic N) is 1. The molecule has 4 nitrogen and oxygen atoms in total. The molecular weight excluding hydrogens is 304 g/mol. The van der Waals surface area contributed by atoms with Gasteiger partial charge in [0.15, 0.2) is 3.95 Å². The number of benzene rings is 1. The summed E-state index contributed by atoms with van der Waals surface area (Å²) in [7, 11) is 3.44. The van der Waals surface area contributed by atoms with Crippen LogP contribution in [0.4, 0.5) is 0 Å². The Hall–Kier alpha value is -1.66. The molecule has 0 aliphatic carbocycles. The summed E-state index contributed by atoms with van der Waals surface area (Å²) in [5.74, 6) is 0.861. The molecule has 0 saturated heterocycles. The van der Waals surface area contributed by atoms with Crippen molar-refractivity contribution < 1.29 is 9.53 Å². The molecule has 0 saturated carbocycles. The number of ether oxygens (including phenoxy) is 1. The van der Waals surface area contributed by atoms with Gasteiger partial charge in [0.25, 0.3) is 0 Å². The van der Waals surface area contributed by atoms with Crippen molar-refractivity contribution in [3.8, 4) is 5.75 Å². The average molecular weight is 322 g/mol. The minimum atomic E-state index is 0.0641. The second-order valence-electron chi connectivity index (χ2n) is 4.80. The van der Waals surface area contributed by atoms with Crippen LogP contribution in [-0.2, 0) is 17.8 Å². The lowest BCUT2D eigenvalue weighted by Gasteiger charge is -2.18. The van der Waals surface area contributed by atoms with Crippen LogP contribution in [0.25, 0.3) is 0 Å². The van der Waals surface area contributed by atoms with Crippen molar-refractivity contribution in [1.82, 2.24) is 9.88 Å². The number of para-hydroxylation sites is 1. The normalized spacial score (nSPS) is 10.4. The molecule has 2 aromatic rings. The van der Waals surface area contributed by atoms with Crippen LogP contribution in [0.1, 0.15) is 16.1 Å². The van der Waals surface area contributed by atoms with Gasteiger partial charge in [0.1, 0.15) is 5.75 Å². The molecule has 0 aliphatic rings. The quantitative estimate of drug-likeness (QED) is 0.859. The summed E-state index contributed by atoms with van der Waals surface area (Å²) in [5.41, 5.74) is 1.97. The summed E-state index contributed by atoms with van der Waals surface area (Å²) < 4.78 is 6.02. The zero-order valence-corrected chi connectivity index (χ0v) is 13.9. The van der Waals surface area contributed by atoms with E-state index in [9.17, 15) is 4.79 Å². The molecule has 0 spiro atoms. The van der Waals surface area contributed by atoms with Gasteiger partial charge >= 0.3 is 0 Å². The van der Waals surface area contributed by atoms with E-state index in [1.165, 1.54) is 11.3 Å². The smallest absolute Gasteiger partial charge is 0.227 e. The number of amides is 1. The Labute approximate surface area is 133 Å². The molecule has 0 radical (unpaired) electrons. The van der Waals surface area contributed by atoms with E-state index in [-0.39, 0.29) is 5.91 Å². The third-order valence-corrected chi connectivity index (χ3v) is 4.60. The number of aromatic nitrogens is 1. The summed E-state index contributed by atoms with van der Waals surface area (Å²) in [6.45, 7) is 2.47. The van der Waals surface area contributed by atoms with Gasteiger partial charge in [-0.3, -0.25) is 4.79 Å². The number of methoxy groups -OCH3 is 1. The summed E-state index contributed by atoms with van der Waals surface area (Å²) in [6.07, 6.45) is 0.370. The molecule has 0 aliphatic heterocycles. The predicted molar refractivity (Wildman–Crippen MR) is 87.4 cm³/mol. The Bertz CT molecular complexity index is 691. The lowest BCUT2D eigenvalue weighted by atomic mass is 10.2. The van der Waals surface area contributed by atoms with E-state index in [4.69, 9.17) is 17.0 Å². The lowest BCUT2D eigenvalue weighted by Crippen LogP contribution is -2.27. The first-order chi connectivity index (χ1) is 10.0. The van der Waals surface area contributed by atoms with Crippen molar-refractivity contribution in [2.24, 2.45) is 0 Å². The predicted octanol–water partition coefficient (Wildman–Crippen LogP) is 3.32. The summed E-state index contributed by atoms with van der Waals surface area (Å²) in [4.78, 5) is 18.1. The molecule has 2 rings (SSSR count). The number of aryl methyl sites for hydroxylation is 1. The number of nitrogens with one attached hydrogen (secondary N) is 1. The highest BCUT2D eigenvalue weighted by molar-refractivity contribution is 7.73. The van der Waals surface area contributed by atoms with Gasteiger partial charge in [-0.1, -0.05) is 18.2 Å². The van der Waals surface area contributed by atoms with Gasteiger partial charge in [-0.15, -0.1) is 11.3 Å². The third-order valence-electron chi connectivity index (χ3n) is 3.26. The Kier molecular flexibility index (Phi) is 5.14. The van der Waals surface area contributed by atoms with Crippen LogP contribution in [0.5, 0.6) is 5.75 Å². The van der Waals surface area contributed by atoms with Crippen LogP contribution < -0.4 is 4.74 Å². The van der Waals surface area contributed by atoms with Gasteiger partial charge in [-0.2, -0.15) is 0 Å². The molecule has 1 aromatic carbocycles. The number of rotatable bonds is 5. The molecule has 1 aromatic heterocycles. The number of hydrogen-bond acceptors (Lipinski definition) is 4. The van der Waals surface area contributed by atoms with Crippen molar-refractivity contribution in [3.63, 3.8) is 0 Å². The molecule has 1 amide bonds. The van der Waals surface area contributed by atoms with Gasteiger partial charge in [-0.05, 0) is 25.2 Å². The van der Waals surface area contributed by atoms with Gasteiger partial charge in [0.05, 0.1) is 13.5 Å². The molecule has 0 unspecified atom stereocenters. The fourth-order valence-corrected chi connectivity index (χ4v) is 3.34. The molecule has 0 bridgehead atoms. The zero-order valence-electron chi connectivity index (χ0n) is 12.3. The van der Waals surface area contributed by atoms with E-state index < -0.39 is 0 Å². The molecular formula is C15H18N2O2S2. The Morgan fingerprint density at radius 2 is 2.14 bits per heavy atom. The fourth-order valence-electron chi connectivity index (χ4n) is 2.06. The molecule has 6 heteroatoms. The van der Waals surface area contributed by atoms with E-state index in [1.807, 2.05) is 31.2 Å². The maximum atomic E-state index is 12.3. The monoisotopic (exact) mass is 322 g/mol. The fraction of sp³-hybridized carbons (Fsp3) is 0.333. The van der Waals surface area contributed by atoms with Crippen molar-refractivity contribution in [3.05, 3.63) is 44.4 Å². The topological polar surface area (TPSA) is 45.3 Å². The largest absolute Gasteiger partial charge is 0.496 e. The third kappa shape index (κ3) is 3.92. The van der Waals surface area contributed by atoms with E-state index in [0.29, 0.717) is 16.9 Å². The van der Waals surface area contributed by atoms with Crippen molar-refractivity contribution in [1.29, 1.82) is 0 Å². The molecule has 0 fully saturated rings. The minimum Gasteiger partial charge on any atom is -0.496 e. The summed E-state index contributed by atoms with van der Waals surface area (Å²) in [5, 5.41) is 0. The molecule has 21 heavy (non-hydrogen) atoms. The van der Waals surface area contributed by atoms with Gasteiger partial charge in [0.2, 0.25) is 5.91 Å². The second kappa shape index (κ2) is 6.87. The van der Waals surface area contributed by atoms with Crippen molar-refractivity contribution >= 4 is 29.5 Å². The van der Waals surface area contributed by atoms with Gasteiger partial charge in [0, 0.05) is 29.7 Å². The van der Waals surface area contributed by atoms with Crippen LogP contribution in [0, 0.1) is 10.9 Å². The van der Waals surface area contributed by atoms with Gasteiger partial charge in [-0.25, -0.2) is 0 Å². The van der Waals surface area contributed by atoms with E-state index in [0.717, 1.165) is 21.9 Å². The summed E-state index contributed by atoms with van der Waals surface area (Å²) >= 11 is 6.56. The SMILES string of the molecule is COc1ccccc1CN(C)C(=O)Cc1sc(=S)[nH]c1C. The standard InChI is InChI=1S/C15H18N2O2S2/c1-10-13(21-15(20)16-10)8-14(18)17(2)9-11-6-4-5-7-12(11)19-3/h4-7H,8-9H2,1-3H3,(H,16,20). The lowest BCUT2D eigenvalue weighted by molar-refractivity contribution is -0.129. The highest BCUT2D eigenvalue weighted by atomic mass is 32.1. The highest BCUT2D eigenvalue weighted by Crippen LogP contribution is 2.20. The van der Waals surface area contributed by atoms with Crippen molar-refractivity contribution in [2.75, 3.05) is 14.2 Å². The highest BCUT2D eigenvalue weighted by Gasteiger charge is 2.14. The average Bonchev–Trinajstić information content (AvgIpc) is 2.77. The molecule has 1 N–H and O–H groups in total. The first-order valence-corrected chi connectivity index (χ1v) is 7.78. The van der Waals surface area contributed by atoms with Gasteiger partial charge < -0.3 is 14.6 Å². The number of H-pyrrole nitrogens is 1. The van der Waals surface area contributed by atoms with E-state index >= 15 is 0 Å². The number of carbonyl (C=O) groups excluding carboxylic acids is 1. The second-order valence-corrected chi connectivity index (χ2v) is 6.57. The first kappa shape index (κ1) is 15.7. The Morgan fingerprint density at radius 3 is 2.76 bits per heavy atom. The Balaban J connectivity index is 2.06. The summed E-state index contributed by atoms with van der Waals surface area (Å²) in [6, 6.07) is 7.72. The van der Waals surface area contributed by atoms with Crippen LogP contribution in [-0.4, -0.2) is 29.9 Å². The van der Waals surface area contributed by atoms with E-state index in [2.05, 4.69) is 4.98 Å². The maximum Gasteiger partial charge on any atom is 0.227 e. The number of thiazole rings is 1. The Morgan fingerprint density at radius 1 is 1.43 bits per heavy atom. The van der Waals surface area contributed by atoms with Crippen LogP contribution in [0.2, 0.25) is 0 Å². The van der Waals surface area contributed by atoms with Crippen LogP contribution in [0.3, 0.4) is 0 Å². The molecule has 112 valence electrons. The number of hydrogen-bond donors (Lipinski definition) is 1. The number of aromatic amines is 1. The van der Waals surface area contributed by atoms with Crippen LogP contribution >= 0.6 is 23.6 Å². The zero-order chi connectivity index (χ0) is 15.4. The number of carbonyl (C=O) groups is 1. The van der Waals surface area contributed by atoms with Crippen LogP contribution in [0.15, 0.2) is 24.3 Å². The molecule has 0 atom stereocenters. The molecule has 1 heterocycles. The first-order valence-electron chi connectivity index (χ1n) is 6.55. The minimum absolute atomic E-state index is 0.0641. The van der Waals surface area contributed by atoms with E-state index in [1.54, 1.807) is 19.1 Å². The maximum absolute atomic E-state index is 12.3.